The molecule has 1 N–H and O–H groups in total. The highest BCUT2D eigenvalue weighted by atomic mass is 79.9. The van der Waals surface area contributed by atoms with Crippen molar-refractivity contribution < 1.29 is 9.53 Å². The van der Waals surface area contributed by atoms with Crippen molar-refractivity contribution in [1.82, 2.24) is 0 Å². The number of anilines is 1. The van der Waals surface area contributed by atoms with Crippen LogP contribution >= 0.6 is 15.9 Å². The largest absolute Gasteiger partial charge is 0.483 e. The van der Waals surface area contributed by atoms with Gasteiger partial charge >= 0.3 is 0 Å². The number of ether oxygens (including phenoxy) is 1. The summed E-state index contributed by atoms with van der Waals surface area (Å²) in [6.45, 7) is 10.0. The fraction of sp³-hybridized carbons (Fsp3) is 0.316. The van der Waals surface area contributed by atoms with Gasteiger partial charge in [-0.05, 0) is 74.6 Å². The first-order chi connectivity index (χ1) is 10.8. The van der Waals surface area contributed by atoms with Gasteiger partial charge in [-0.1, -0.05) is 28.1 Å². The third-order valence-corrected chi connectivity index (χ3v) is 5.20. The molecule has 0 saturated heterocycles. The summed E-state index contributed by atoms with van der Waals surface area (Å²) in [7, 11) is 0. The highest BCUT2D eigenvalue weighted by Gasteiger charge is 2.11. The molecule has 0 fully saturated rings. The highest BCUT2D eigenvalue weighted by molar-refractivity contribution is 9.10. The van der Waals surface area contributed by atoms with E-state index in [0.717, 1.165) is 43.7 Å². The molecular formula is C19H22BrNO2. The van der Waals surface area contributed by atoms with Crippen LogP contribution in [0.1, 0.15) is 27.8 Å². The van der Waals surface area contributed by atoms with Gasteiger partial charge in [-0.15, -0.1) is 0 Å². The second kappa shape index (κ2) is 7.18. The Hall–Kier alpha value is -1.81. The zero-order valence-electron chi connectivity index (χ0n) is 14.2. The lowest BCUT2D eigenvalue weighted by atomic mass is 10.1. The van der Waals surface area contributed by atoms with E-state index < -0.39 is 0 Å². The van der Waals surface area contributed by atoms with Crippen LogP contribution in [0.3, 0.4) is 0 Å². The van der Waals surface area contributed by atoms with Crippen LogP contribution < -0.4 is 10.1 Å². The van der Waals surface area contributed by atoms with Gasteiger partial charge in [0.2, 0.25) is 0 Å². The second-order valence-corrected chi connectivity index (χ2v) is 6.70. The Balaban J connectivity index is 2.07. The van der Waals surface area contributed by atoms with Crippen LogP contribution in [0.4, 0.5) is 5.69 Å². The fourth-order valence-corrected chi connectivity index (χ4v) is 2.78. The molecule has 3 nitrogen and oxygen atoms in total. The molecule has 1 amide bonds. The van der Waals surface area contributed by atoms with Crippen LogP contribution in [0.25, 0.3) is 0 Å². The molecule has 0 aliphatic carbocycles. The summed E-state index contributed by atoms with van der Waals surface area (Å²) < 4.78 is 6.81. The third-order valence-electron chi connectivity index (χ3n) is 3.98. The van der Waals surface area contributed by atoms with Gasteiger partial charge < -0.3 is 10.1 Å². The number of benzene rings is 2. The van der Waals surface area contributed by atoms with Gasteiger partial charge in [0, 0.05) is 10.2 Å². The molecule has 4 heteroatoms. The Labute approximate surface area is 146 Å². The number of carbonyl (C=O) groups excluding carboxylic acids is 1. The molecular weight excluding hydrogens is 354 g/mol. The van der Waals surface area contributed by atoms with Crippen molar-refractivity contribution in [3.63, 3.8) is 0 Å². The van der Waals surface area contributed by atoms with E-state index in [1.807, 2.05) is 58.9 Å². The van der Waals surface area contributed by atoms with E-state index >= 15 is 0 Å². The third kappa shape index (κ3) is 4.14. The predicted molar refractivity (Wildman–Crippen MR) is 98.4 cm³/mol. The van der Waals surface area contributed by atoms with E-state index in [4.69, 9.17) is 4.74 Å². The van der Waals surface area contributed by atoms with E-state index in [-0.39, 0.29) is 12.5 Å². The van der Waals surface area contributed by atoms with Crippen LogP contribution in [0.15, 0.2) is 28.7 Å². The molecule has 0 saturated carbocycles. The lowest BCUT2D eigenvalue weighted by molar-refractivity contribution is -0.118. The Morgan fingerprint density at radius 2 is 1.74 bits per heavy atom. The summed E-state index contributed by atoms with van der Waals surface area (Å²) in [5.74, 6) is 0.593. The maximum Gasteiger partial charge on any atom is 0.262 e. The minimum Gasteiger partial charge on any atom is -0.483 e. The van der Waals surface area contributed by atoms with Gasteiger partial charge in [0.15, 0.2) is 6.61 Å². The number of halogens is 1. The number of carbonyl (C=O) groups is 1. The number of hydrogen-bond acceptors (Lipinski definition) is 2. The van der Waals surface area contributed by atoms with Crippen molar-refractivity contribution in [2.75, 3.05) is 11.9 Å². The molecule has 0 aromatic heterocycles. The molecule has 0 atom stereocenters. The van der Waals surface area contributed by atoms with Crippen molar-refractivity contribution in [1.29, 1.82) is 0 Å². The molecule has 23 heavy (non-hydrogen) atoms. The first-order valence-electron chi connectivity index (χ1n) is 7.55. The molecule has 2 aromatic rings. The number of rotatable bonds is 4. The smallest absolute Gasteiger partial charge is 0.262 e. The minimum atomic E-state index is -0.156. The van der Waals surface area contributed by atoms with Crippen LogP contribution in [-0.4, -0.2) is 12.5 Å². The van der Waals surface area contributed by atoms with Gasteiger partial charge in [0.05, 0.1) is 0 Å². The average molecular weight is 376 g/mol. The molecule has 0 radical (unpaired) electrons. The average Bonchev–Trinajstić information content (AvgIpc) is 2.51. The second-order valence-electron chi connectivity index (χ2n) is 5.91. The number of hydrogen-bond donors (Lipinski definition) is 1. The van der Waals surface area contributed by atoms with E-state index in [2.05, 4.69) is 21.2 Å². The minimum absolute atomic E-state index is 0.00522. The Bertz CT molecular complexity index is 754. The number of nitrogens with one attached hydrogen (secondary N) is 1. The molecule has 0 bridgehead atoms. The van der Waals surface area contributed by atoms with Gasteiger partial charge in [0.25, 0.3) is 5.91 Å². The first-order valence-corrected chi connectivity index (χ1v) is 8.35. The van der Waals surface area contributed by atoms with Gasteiger partial charge in [-0.25, -0.2) is 0 Å². The summed E-state index contributed by atoms with van der Waals surface area (Å²) in [6, 6.07) is 7.94. The lowest BCUT2D eigenvalue weighted by Gasteiger charge is -2.15. The van der Waals surface area contributed by atoms with Gasteiger partial charge in [-0.3, -0.25) is 4.79 Å². The Kier molecular flexibility index (Phi) is 5.47. The molecule has 0 heterocycles. The molecule has 2 rings (SSSR count). The quantitative estimate of drug-likeness (QED) is 0.815. The zero-order chi connectivity index (χ0) is 17.1. The molecule has 0 spiro atoms. The van der Waals surface area contributed by atoms with Crippen molar-refractivity contribution in [3.05, 3.63) is 56.6 Å². The van der Waals surface area contributed by atoms with Crippen molar-refractivity contribution in [2.45, 2.75) is 34.6 Å². The van der Waals surface area contributed by atoms with Crippen LogP contribution in [0, 0.1) is 34.6 Å². The molecule has 122 valence electrons. The standard InChI is InChI=1S/C19H22BrNO2/c1-11-6-7-12(2)16(8-11)21-18(22)10-23-17-9-13(3)19(20)15(5)14(17)4/h6-9H,10H2,1-5H3,(H,21,22). The van der Waals surface area contributed by atoms with E-state index in [1.165, 1.54) is 0 Å². The van der Waals surface area contributed by atoms with Crippen molar-refractivity contribution >= 4 is 27.5 Å². The maximum atomic E-state index is 12.2. The fourth-order valence-electron chi connectivity index (χ4n) is 2.36. The summed E-state index contributed by atoms with van der Waals surface area (Å²) in [5.41, 5.74) is 6.26. The van der Waals surface area contributed by atoms with Crippen LogP contribution in [0.5, 0.6) is 5.75 Å². The summed E-state index contributed by atoms with van der Waals surface area (Å²) in [6.07, 6.45) is 0. The molecule has 2 aromatic carbocycles. The first kappa shape index (κ1) is 17.5. The SMILES string of the molecule is Cc1ccc(C)c(NC(=O)COc2cc(C)c(Br)c(C)c2C)c1. The number of amides is 1. The predicted octanol–water partition coefficient (Wildman–Crippen LogP) is 5.01. The van der Waals surface area contributed by atoms with Crippen LogP contribution in [0.2, 0.25) is 0 Å². The summed E-state index contributed by atoms with van der Waals surface area (Å²) in [4.78, 5) is 12.2. The normalized spacial score (nSPS) is 10.5. The monoisotopic (exact) mass is 375 g/mol. The topological polar surface area (TPSA) is 38.3 Å². The van der Waals surface area contributed by atoms with E-state index in [9.17, 15) is 4.79 Å². The highest BCUT2D eigenvalue weighted by Crippen LogP contribution is 2.31. The molecule has 0 unspecified atom stereocenters. The van der Waals surface area contributed by atoms with Crippen molar-refractivity contribution in [3.8, 4) is 5.75 Å². The Morgan fingerprint density at radius 1 is 1.04 bits per heavy atom. The zero-order valence-corrected chi connectivity index (χ0v) is 15.8. The van der Waals surface area contributed by atoms with E-state index in [0.29, 0.717) is 0 Å². The summed E-state index contributed by atoms with van der Waals surface area (Å²) >= 11 is 3.57. The Morgan fingerprint density at radius 3 is 2.43 bits per heavy atom. The number of aryl methyl sites for hydroxylation is 3. The van der Waals surface area contributed by atoms with Crippen LogP contribution in [-0.2, 0) is 4.79 Å². The summed E-state index contributed by atoms with van der Waals surface area (Å²) in [5, 5.41) is 2.91. The lowest BCUT2D eigenvalue weighted by Crippen LogP contribution is -2.21. The van der Waals surface area contributed by atoms with E-state index in [1.54, 1.807) is 0 Å². The molecule has 0 aliphatic heterocycles. The van der Waals surface area contributed by atoms with Crippen molar-refractivity contribution in [2.24, 2.45) is 0 Å². The van der Waals surface area contributed by atoms with Gasteiger partial charge in [0.1, 0.15) is 5.75 Å². The molecule has 0 aliphatic rings. The maximum absolute atomic E-state index is 12.2. The van der Waals surface area contributed by atoms with Gasteiger partial charge in [-0.2, -0.15) is 0 Å².